The van der Waals surface area contributed by atoms with Crippen LogP contribution in [-0.2, 0) is 4.74 Å². The van der Waals surface area contributed by atoms with Gasteiger partial charge in [-0.25, -0.2) is 0 Å². The predicted octanol–water partition coefficient (Wildman–Crippen LogP) is 7.87. The molecule has 0 spiro atoms. The molecule has 3 N–H and O–H groups in total. The van der Waals surface area contributed by atoms with E-state index in [-0.39, 0.29) is 6.10 Å². The van der Waals surface area contributed by atoms with E-state index in [9.17, 15) is 0 Å². The van der Waals surface area contributed by atoms with Crippen LogP contribution in [-0.4, -0.2) is 64.6 Å². The number of aromatic amines is 1. The number of hydrogen-bond donors (Lipinski definition) is 3. The van der Waals surface area contributed by atoms with Crippen molar-refractivity contribution in [3.63, 3.8) is 0 Å². The zero-order chi connectivity index (χ0) is 29.6. The molecule has 0 bridgehead atoms. The van der Waals surface area contributed by atoms with Gasteiger partial charge in [-0.05, 0) is 87.5 Å². The smallest absolute Gasteiger partial charge is 0.231 e. The maximum Gasteiger partial charge on any atom is 0.231 e. The van der Waals surface area contributed by atoms with Crippen molar-refractivity contribution >= 4 is 45.9 Å². The number of para-hydroxylation sites is 1. The van der Waals surface area contributed by atoms with E-state index >= 15 is 0 Å². The van der Waals surface area contributed by atoms with Crippen LogP contribution in [0.25, 0.3) is 11.0 Å². The van der Waals surface area contributed by atoms with Crippen molar-refractivity contribution in [3.05, 3.63) is 59.8 Å². The Labute approximate surface area is 254 Å². The molecule has 224 valence electrons. The summed E-state index contributed by atoms with van der Waals surface area (Å²) in [6.07, 6.45) is 4.29. The Balaban J connectivity index is 1.46. The molecule has 42 heavy (non-hydrogen) atoms. The van der Waals surface area contributed by atoms with Crippen molar-refractivity contribution in [2.24, 2.45) is 0 Å². The van der Waals surface area contributed by atoms with Crippen molar-refractivity contribution in [1.82, 2.24) is 19.9 Å². The minimum absolute atomic E-state index is 0.0321. The van der Waals surface area contributed by atoms with Gasteiger partial charge in [0.05, 0.1) is 29.5 Å². The van der Waals surface area contributed by atoms with Crippen LogP contribution in [0.3, 0.4) is 0 Å². The van der Waals surface area contributed by atoms with Gasteiger partial charge in [0.1, 0.15) is 17.2 Å². The monoisotopic (exact) mass is 588 g/mol. The molecule has 2 aromatic heterocycles. The molecule has 2 aromatic carbocycles. The Morgan fingerprint density at radius 1 is 1.07 bits per heavy atom. The average molecular weight is 589 g/mol. The van der Waals surface area contributed by atoms with E-state index in [1.807, 2.05) is 30.1 Å². The first-order valence-electron chi connectivity index (χ1n) is 15.0. The average Bonchev–Trinajstić information content (AvgIpc) is 3.43. The molecule has 1 saturated heterocycles. The fourth-order valence-electron chi connectivity index (χ4n) is 5.59. The van der Waals surface area contributed by atoms with E-state index in [2.05, 4.69) is 85.5 Å². The molecule has 1 aliphatic heterocycles. The number of nitrogens with one attached hydrogen (secondary N) is 3. The number of aromatic nitrogens is 3. The molecule has 5 rings (SSSR count). The third kappa shape index (κ3) is 7.38. The van der Waals surface area contributed by atoms with Gasteiger partial charge in [0.2, 0.25) is 5.95 Å². The molecule has 1 fully saturated rings. The lowest BCUT2D eigenvalue weighted by molar-refractivity contribution is 0.128. The third-order valence-electron chi connectivity index (χ3n) is 7.45. The Morgan fingerprint density at radius 3 is 2.69 bits per heavy atom. The molecule has 3 heterocycles. The molecule has 0 amide bonds. The van der Waals surface area contributed by atoms with Crippen molar-refractivity contribution < 1.29 is 9.47 Å². The summed E-state index contributed by atoms with van der Waals surface area (Å²) in [6, 6.07) is 14.8. The van der Waals surface area contributed by atoms with Crippen molar-refractivity contribution in [2.45, 2.75) is 69.6 Å². The lowest BCUT2D eigenvalue weighted by Crippen LogP contribution is -2.36. The number of piperidine rings is 1. The van der Waals surface area contributed by atoms with Crippen molar-refractivity contribution in [3.8, 4) is 5.75 Å². The number of hydrogen-bond acceptors (Lipinski definition) is 8. The van der Waals surface area contributed by atoms with Gasteiger partial charge < -0.3 is 30.0 Å². The number of anilines is 4. The molecule has 1 atom stereocenters. The highest BCUT2D eigenvalue weighted by Crippen LogP contribution is 2.38. The van der Waals surface area contributed by atoms with E-state index in [1.54, 1.807) is 7.11 Å². The van der Waals surface area contributed by atoms with E-state index in [0.717, 1.165) is 60.2 Å². The summed E-state index contributed by atoms with van der Waals surface area (Å²) in [5, 5.41) is 8.49. The number of thioether (sulfide) groups is 1. The molecule has 0 aliphatic carbocycles. The number of fused-ring (bicyclic) bond motifs is 1. The number of H-pyrrole nitrogens is 1. The zero-order valence-corrected chi connectivity index (χ0v) is 26.5. The summed E-state index contributed by atoms with van der Waals surface area (Å²) in [4.78, 5) is 16.7. The highest BCUT2D eigenvalue weighted by atomic mass is 32.2. The van der Waals surface area contributed by atoms with Gasteiger partial charge in [-0.2, -0.15) is 9.97 Å². The van der Waals surface area contributed by atoms with Gasteiger partial charge in [-0.1, -0.05) is 26.0 Å². The minimum atomic E-state index is 0.0321. The van der Waals surface area contributed by atoms with E-state index in [0.29, 0.717) is 17.1 Å². The van der Waals surface area contributed by atoms with Crippen molar-refractivity contribution in [1.29, 1.82) is 0 Å². The first-order valence-corrected chi connectivity index (χ1v) is 15.9. The fourth-order valence-corrected chi connectivity index (χ4v) is 6.50. The SMILES string of the molecule is COCCN1CCCC(c2cc(OC(C)C)c(Nc3nc(Nc4ccccc4SC(C)C)c4cc[nH]c4n3)cc2C)C1. The van der Waals surface area contributed by atoms with Crippen LogP contribution in [0.4, 0.5) is 23.1 Å². The number of ether oxygens (including phenoxy) is 2. The number of nitrogens with zero attached hydrogens (tertiary/aromatic N) is 3. The van der Waals surface area contributed by atoms with Crippen LogP contribution < -0.4 is 15.4 Å². The summed E-state index contributed by atoms with van der Waals surface area (Å²) in [5.41, 5.74) is 5.25. The molecule has 0 saturated carbocycles. The minimum Gasteiger partial charge on any atom is -0.489 e. The quantitative estimate of drug-likeness (QED) is 0.144. The number of rotatable bonds is 12. The molecule has 9 heteroatoms. The summed E-state index contributed by atoms with van der Waals surface area (Å²) in [7, 11) is 1.77. The first-order chi connectivity index (χ1) is 20.3. The van der Waals surface area contributed by atoms with Crippen LogP contribution in [0.5, 0.6) is 5.75 Å². The Bertz CT molecular complexity index is 1490. The Kier molecular flexibility index (Phi) is 9.92. The molecule has 0 radical (unpaired) electrons. The molecular weight excluding hydrogens is 544 g/mol. The van der Waals surface area contributed by atoms with Crippen LogP contribution in [0, 0.1) is 6.92 Å². The highest BCUT2D eigenvalue weighted by molar-refractivity contribution is 8.00. The van der Waals surface area contributed by atoms with Crippen LogP contribution in [0.15, 0.2) is 53.6 Å². The van der Waals surface area contributed by atoms with Crippen molar-refractivity contribution in [2.75, 3.05) is 44.0 Å². The summed E-state index contributed by atoms with van der Waals surface area (Å²) < 4.78 is 11.7. The lowest BCUT2D eigenvalue weighted by atomic mass is 9.87. The van der Waals surface area contributed by atoms with Gasteiger partial charge in [0, 0.05) is 36.5 Å². The second-order valence-electron chi connectivity index (χ2n) is 11.6. The lowest BCUT2D eigenvalue weighted by Gasteiger charge is -2.34. The largest absolute Gasteiger partial charge is 0.489 e. The van der Waals surface area contributed by atoms with Crippen LogP contribution in [0.2, 0.25) is 0 Å². The molecular formula is C33H44N6O2S. The summed E-state index contributed by atoms with van der Waals surface area (Å²) >= 11 is 1.83. The first kappa shape index (κ1) is 30.2. The molecule has 1 aliphatic rings. The second kappa shape index (κ2) is 13.8. The second-order valence-corrected chi connectivity index (χ2v) is 13.2. The topological polar surface area (TPSA) is 87.3 Å². The van der Waals surface area contributed by atoms with E-state index < -0.39 is 0 Å². The molecule has 4 aromatic rings. The highest BCUT2D eigenvalue weighted by Gasteiger charge is 2.24. The van der Waals surface area contributed by atoms with Gasteiger partial charge in [0.25, 0.3) is 0 Å². The maximum absolute atomic E-state index is 6.37. The van der Waals surface area contributed by atoms with E-state index in [1.165, 1.54) is 28.9 Å². The fraction of sp³-hybridized carbons (Fsp3) is 0.455. The van der Waals surface area contributed by atoms with Gasteiger partial charge in [-0.15, -0.1) is 11.8 Å². The summed E-state index contributed by atoms with van der Waals surface area (Å²) in [5.74, 6) is 2.54. The summed E-state index contributed by atoms with van der Waals surface area (Å²) in [6.45, 7) is 14.6. The molecule has 8 nitrogen and oxygen atoms in total. The Hall–Kier alpha value is -3.27. The van der Waals surface area contributed by atoms with Crippen LogP contribution >= 0.6 is 11.8 Å². The predicted molar refractivity (Wildman–Crippen MR) is 175 cm³/mol. The zero-order valence-electron chi connectivity index (χ0n) is 25.7. The molecule has 1 unspecified atom stereocenters. The van der Waals surface area contributed by atoms with Gasteiger partial charge in [-0.3, -0.25) is 0 Å². The number of benzene rings is 2. The number of likely N-dealkylation sites (tertiary alicyclic amines) is 1. The third-order valence-corrected chi connectivity index (χ3v) is 8.53. The van der Waals surface area contributed by atoms with Crippen LogP contribution in [0.1, 0.15) is 57.6 Å². The van der Waals surface area contributed by atoms with Gasteiger partial charge in [0.15, 0.2) is 0 Å². The van der Waals surface area contributed by atoms with Gasteiger partial charge >= 0.3 is 0 Å². The maximum atomic E-state index is 6.37. The number of methoxy groups -OCH3 is 1. The standard InChI is InChI=1S/C33H44N6O2S/c1-21(2)41-29-19-26(24-10-9-15-39(20-24)16-17-40-6)23(5)18-28(29)36-33-37-31-25(13-14-34-31)32(38-33)35-27-11-7-8-12-30(27)42-22(3)4/h7-8,11-14,18-19,21-22,24H,9-10,15-17,20H2,1-6H3,(H3,34,35,36,37,38). The number of aryl methyl sites for hydroxylation is 1. The Morgan fingerprint density at radius 2 is 1.90 bits per heavy atom. The van der Waals surface area contributed by atoms with E-state index in [4.69, 9.17) is 19.4 Å². The normalized spacial score (nSPS) is 16.0.